The van der Waals surface area contributed by atoms with Gasteiger partial charge < -0.3 is 10.7 Å². The molecule has 0 amide bonds. The van der Waals surface area contributed by atoms with Gasteiger partial charge >= 0.3 is 0 Å². The maximum absolute atomic E-state index is 12.3. The second-order valence-corrected chi connectivity index (χ2v) is 2.80. The number of rotatable bonds is 2. The Morgan fingerprint density at radius 1 is 1.57 bits per heavy atom. The number of halogens is 3. The van der Waals surface area contributed by atoms with E-state index in [1.807, 2.05) is 0 Å². The number of nitrogens with one attached hydrogen (secondary N) is 1. The molecule has 0 spiro atoms. The molecule has 3 N–H and O–H groups in total. The van der Waals surface area contributed by atoms with Gasteiger partial charge in [-0.25, -0.2) is 8.78 Å². The van der Waals surface area contributed by atoms with Gasteiger partial charge in [-0.15, -0.1) is 0 Å². The van der Waals surface area contributed by atoms with Gasteiger partial charge in [-0.2, -0.15) is 0 Å². The van der Waals surface area contributed by atoms with E-state index in [9.17, 15) is 18.4 Å². The number of nitrogen functional groups attached to an aromatic ring is 1. The van der Waals surface area contributed by atoms with Gasteiger partial charge in [0.15, 0.2) is 5.43 Å². The number of hydrogen-bond donors (Lipinski definition) is 2. The molecule has 14 heavy (non-hydrogen) atoms. The van der Waals surface area contributed by atoms with Crippen molar-refractivity contribution in [1.82, 2.24) is 4.98 Å². The predicted octanol–water partition coefficient (Wildman–Crippen LogP) is 1.27. The Bertz CT molecular complexity index is 430. The normalized spacial score (nSPS) is 10.6. The highest BCUT2D eigenvalue weighted by atomic mass is 35.5. The number of carbonyl (C=O) groups is 1. The summed E-state index contributed by atoms with van der Waals surface area (Å²) in [5.41, 5.74) is 2.52. The molecule has 0 aliphatic rings. The fourth-order valence-corrected chi connectivity index (χ4v) is 1.11. The van der Waals surface area contributed by atoms with E-state index >= 15 is 0 Å². The third-order valence-electron chi connectivity index (χ3n) is 1.51. The van der Waals surface area contributed by atoms with Crippen molar-refractivity contribution in [2.45, 2.75) is 6.43 Å². The van der Waals surface area contributed by atoms with Crippen LogP contribution < -0.4 is 11.2 Å². The van der Waals surface area contributed by atoms with Crippen LogP contribution in [0.1, 0.15) is 22.5 Å². The first-order chi connectivity index (χ1) is 6.43. The molecule has 4 nitrogen and oxygen atoms in total. The topological polar surface area (TPSA) is 76.0 Å². The van der Waals surface area contributed by atoms with Gasteiger partial charge in [0, 0.05) is 6.07 Å². The van der Waals surface area contributed by atoms with E-state index in [-0.39, 0.29) is 5.82 Å². The van der Waals surface area contributed by atoms with E-state index in [1.165, 1.54) is 0 Å². The van der Waals surface area contributed by atoms with Crippen LogP contribution in [-0.2, 0) is 0 Å². The van der Waals surface area contributed by atoms with Crippen molar-refractivity contribution in [1.29, 1.82) is 0 Å². The first-order valence-electron chi connectivity index (χ1n) is 3.44. The maximum Gasteiger partial charge on any atom is 0.269 e. The number of H-pyrrole nitrogens is 1. The summed E-state index contributed by atoms with van der Waals surface area (Å²) in [5.74, 6) is -0.191. The van der Waals surface area contributed by atoms with Crippen LogP contribution in [0.2, 0.25) is 0 Å². The molecule has 1 aromatic rings. The van der Waals surface area contributed by atoms with E-state index in [0.29, 0.717) is 0 Å². The van der Waals surface area contributed by atoms with Gasteiger partial charge in [0.05, 0.1) is 5.56 Å². The Morgan fingerprint density at radius 2 is 2.14 bits per heavy atom. The van der Waals surface area contributed by atoms with Crippen molar-refractivity contribution >= 4 is 22.7 Å². The number of aromatic nitrogens is 1. The third kappa shape index (κ3) is 1.90. The lowest BCUT2D eigenvalue weighted by Crippen LogP contribution is -2.17. The fraction of sp³-hybridized carbons (Fsp3) is 0.143. The van der Waals surface area contributed by atoms with Crippen molar-refractivity contribution in [3.8, 4) is 0 Å². The molecule has 7 heteroatoms. The zero-order valence-electron chi connectivity index (χ0n) is 6.68. The monoisotopic (exact) mass is 222 g/mol. The summed E-state index contributed by atoms with van der Waals surface area (Å²) in [4.78, 5) is 23.8. The fourth-order valence-electron chi connectivity index (χ4n) is 0.962. The number of alkyl halides is 2. The van der Waals surface area contributed by atoms with Crippen LogP contribution in [0.15, 0.2) is 10.9 Å². The molecule has 1 heterocycles. The van der Waals surface area contributed by atoms with Crippen LogP contribution in [0.25, 0.3) is 0 Å². The van der Waals surface area contributed by atoms with Crippen LogP contribution in [0.5, 0.6) is 0 Å². The third-order valence-corrected chi connectivity index (χ3v) is 1.69. The summed E-state index contributed by atoms with van der Waals surface area (Å²) in [5, 5.41) is -1.18. The Morgan fingerprint density at radius 3 is 2.57 bits per heavy atom. The molecular weight excluding hydrogens is 218 g/mol. The zero-order chi connectivity index (χ0) is 10.9. The van der Waals surface area contributed by atoms with E-state index in [4.69, 9.17) is 17.3 Å². The highest BCUT2D eigenvalue weighted by Crippen LogP contribution is 2.19. The second-order valence-electron chi connectivity index (χ2n) is 2.45. The number of anilines is 1. The number of hydrogen-bond acceptors (Lipinski definition) is 3. The van der Waals surface area contributed by atoms with Crippen LogP contribution in [0.3, 0.4) is 0 Å². The molecule has 0 unspecified atom stereocenters. The van der Waals surface area contributed by atoms with E-state index < -0.39 is 28.4 Å². The standard InChI is InChI=1S/C7H5ClF2N2O2/c8-6(14)5-4(7(9)10)2(13)1-3(11)12-5/h1,7H,(H3,11,12,13). The van der Waals surface area contributed by atoms with Crippen LogP contribution in [0, 0.1) is 0 Å². The van der Waals surface area contributed by atoms with E-state index in [0.717, 1.165) is 6.07 Å². The van der Waals surface area contributed by atoms with Gasteiger partial charge in [0.25, 0.3) is 11.7 Å². The quantitative estimate of drug-likeness (QED) is 0.740. The largest absolute Gasteiger partial charge is 0.385 e. The molecule has 1 aromatic heterocycles. The van der Waals surface area contributed by atoms with Gasteiger partial charge in [-0.3, -0.25) is 9.59 Å². The molecule has 0 saturated carbocycles. The minimum absolute atomic E-state index is 0.191. The number of carbonyl (C=O) groups excluding carboxylic acids is 1. The number of nitrogens with two attached hydrogens (primary N) is 1. The lowest BCUT2D eigenvalue weighted by atomic mass is 10.2. The predicted molar refractivity (Wildman–Crippen MR) is 46.6 cm³/mol. The summed E-state index contributed by atoms with van der Waals surface area (Å²) in [6, 6.07) is 0.769. The molecule has 0 fully saturated rings. The number of pyridine rings is 1. The Hall–Kier alpha value is -1.43. The second kappa shape index (κ2) is 3.75. The molecule has 1 rings (SSSR count). The van der Waals surface area contributed by atoms with Crippen LogP contribution >= 0.6 is 11.6 Å². The Labute approximate surface area is 81.7 Å². The lowest BCUT2D eigenvalue weighted by molar-refractivity contribution is 0.106. The SMILES string of the molecule is Nc1cc(=O)c(C(F)F)c(C(=O)Cl)[nH]1. The molecular formula is C7H5ClF2N2O2. The van der Waals surface area contributed by atoms with Gasteiger partial charge in [-0.05, 0) is 11.6 Å². The molecule has 76 valence electrons. The van der Waals surface area contributed by atoms with Crippen molar-refractivity contribution in [2.24, 2.45) is 0 Å². The average molecular weight is 223 g/mol. The van der Waals surface area contributed by atoms with Crippen molar-refractivity contribution < 1.29 is 13.6 Å². The van der Waals surface area contributed by atoms with Crippen LogP contribution in [0.4, 0.5) is 14.6 Å². The minimum atomic E-state index is -3.07. The van der Waals surface area contributed by atoms with Crippen LogP contribution in [-0.4, -0.2) is 10.2 Å². The van der Waals surface area contributed by atoms with Crippen molar-refractivity contribution in [3.63, 3.8) is 0 Å². The minimum Gasteiger partial charge on any atom is -0.385 e. The Balaban J connectivity index is 3.53. The van der Waals surface area contributed by atoms with Gasteiger partial charge in [0.2, 0.25) is 0 Å². The number of aromatic amines is 1. The molecule has 0 bridgehead atoms. The molecule has 0 aliphatic carbocycles. The highest BCUT2D eigenvalue weighted by Gasteiger charge is 2.21. The lowest BCUT2D eigenvalue weighted by Gasteiger charge is -2.04. The first-order valence-corrected chi connectivity index (χ1v) is 3.82. The molecule has 0 atom stereocenters. The average Bonchev–Trinajstić information content (AvgIpc) is 2.01. The molecule has 0 saturated heterocycles. The maximum atomic E-state index is 12.3. The highest BCUT2D eigenvalue weighted by molar-refractivity contribution is 6.67. The van der Waals surface area contributed by atoms with E-state index in [2.05, 4.69) is 4.98 Å². The Kier molecular flexibility index (Phi) is 2.85. The van der Waals surface area contributed by atoms with Gasteiger partial charge in [0.1, 0.15) is 11.5 Å². The zero-order valence-corrected chi connectivity index (χ0v) is 7.44. The molecule has 0 aliphatic heterocycles. The summed E-state index contributed by atoms with van der Waals surface area (Å²) < 4.78 is 24.6. The molecule has 0 aromatic carbocycles. The smallest absolute Gasteiger partial charge is 0.269 e. The van der Waals surface area contributed by atoms with Crippen molar-refractivity contribution in [3.05, 3.63) is 27.5 Å². The summed E-state index contributed by atoms with van der Waals surface area (Å²) in [7, 11) is 0. The summed E-state index contributed by atoms with van der Waals surface area (Å²) in [6.45, 7) is 0. The van der Waals surface area contributed by atoms with Gasteiger partial charge in [-0.1, -0.05) is 0 Å². The summed E-state index contributed by atoms with van der Waals surface area (Å²) in [6.07, 6.45) is -3.07. The van der Waals surface area contributed by atoms with E-state index in [1.54, 1.807) is 0 Å². The molecule has 0 radical (unpaired) electrons. The first kappa shape index (κ1) is 10.6. The van der Waals surface area contributed by atoms with Crippen molar-refractivity contribution in [2.75, 3.05) is 5.73 Å². The summed E-state index contributed by atoms with van der Waals surface area (Å²) >= 11 is 5.00.